The highest BCUT2D eigenvalue weighted by atomic mass is 16.5. The van der Waals surface area contributed by atoms with Gasteiger partial charge in [-0.05, 0) is 44.0 Å². The zero-order valence-corrected chi connectivity index (χ0v) is 21.3. The third-order valence-electron chi connectivity index (χ3n) is 6.79. The lowest BCUT2D eigenvalue weighted by Crippen LogP contribution is -2.54. The molecule has 2 aliphatic heterocycles. The molecule has 2 heterocycles. The summed E-state index contributed by atoms with van der Waals surface area (Å²) >= 11 is 0. The smallest absolute Gasteiger partial charge is 0.255 e. The van der Waals surface area contributed by atoms with Gasteiger partial charge in [0.05, 0.1) is 18.5 Å². The lowest BCUT2D eigenvalue weighted by Gasteiger charge is -2.27. The van der Waals surface area contributed by atoms with Gasteiger partial charge in [-0.1, -0.05) is 38.8 Å². The second-order valence-corrected chi connectivity index (χ2v) is 9.49. The van der Waals surface area contributed by atoms with Crippen molar-refractivity contribution in [2.24, 2.45) is 5.92 Å². The van der Waals surface area contributed by atoms with E-state index in [0.29, 0.717) is 25.3 Å². The first-order valence-corrected chi connectivity index (χ1v) is 13.0. The van der Waals surface area contributed by atoms with Crippen LogP contribution in [-0.2, 0) is 14.4 Å². The number of benzene rings is 1. The standard InChI is InChI=1S/C26H39N5O5/c1-3-18(2)23-26(35)28-12-16-36-21-10-6-5-9-19(21)24(33)29-20(17-22(32)30-23)25(34)27-11-15-31-13-7-4-8-14-31/h5-6,9-10,18,20,23H,3-4,7-8,11-17H2,1-2H3,(H,27,34)(H,28,35)(H,29,33)(H,30,32)/t18-,20-,23-/m0/s1. The SMILES string of the molecule is CC[C@H](C)[C@@H]1NC(=O)C[C@@H](C(=O)NCCN2CCCCC2)NC(=O)c2ccccc2OCCNC1=O. The lowest BCUT2D eigenvalue weighted by molar-refractivity contribution is -0.132. The van der Waals surface area contributed by atoms with E-state index < -0.39 is 29.8 Å². The Morgan fingerprint density at radius 1 is 1.14 bits per heavy atom. The quantitative estimate of drug-likeness (QED) is 0.457. The molecule has 3 atom stereocenters. The van der Waals surface area contributed by atoms with Gasteiger partial charge < -0.3 is 30.9 Å². The molecule has 1 aromatic carbocycles. The van der Waals surface area contributed by atoms with Crippen LogP contribution in [-0.4, -0.2) is 79.9 Å². The van der Waals surface area contributed by atoms with Crippen LogP contribution in [0.15, 0.2) is 24.3 Å². The molecule has 0 spiro atoms. The highest BCUT2D eigenvalue weighted by molar-refractivity contribution is 6.01. The van der Waals surface area contributed by atoms with Crippen LogP contribution in [0.5, 0.6) is 5.75 Å². The van der Waals surface area contributed by atoms with Gasteiger partial charge in [0, 0.05) is 13.1 Å². The Morgan fingerprint density at radius 3 is 2.64 bits per heavy atom. The molecule has 198 valence electrons. The average Bonchev–Trinajstić information content (AvgIpc) is 2.89. The van der Waals surface area contributed by atoms with Crippen molar-refractivity contribution in [3.8, 4) is 5.75 Å². The maximum atomic E-state index is 13.1. The van der Waals surface area contributed by atoms with Crippen molar-refractivity contribution in [2.45, 2.75) is 58.0 Å². The Labute approximate surface area is 212 Å². The number of rotatable bonds is 6. The third-order valence-corrected chi connectivity index (χ3v) is 6.79. The van der Waals surface area contributed by atoms with Crippen LogP contribution < -0.4 is 26.0 Å². The fourth-order valence-electron chi connectivity index (χ4n) is 4.43. The Balaban J connectivity index is 1.76. The van der Waals surface area contributed by atoms with Crippen molar-refractivity contribution in [1.82, 2.24) is 26.2 Å². The number of hydrogen-bond donors (Lipinski definition) is 4. The fourth-order valence-corrected chi connectivity index (χ4v) is 4.43. The molecule has 36 heavy (non-hydrogen) atoms. The molecule has 10 nitrogen and oxygen atoms in total. The molecule has 4 amide bonds. The molecular weight excluding hydrogens is 462 g/mol. The molecule has 0 aromatic heterocycles. The van der Waals surface area contributed by atoms with Crippen molar-refractivity contribution >= 4 is 23.6 Å². The fraction of sp³-hybridized carbons (Fsp3) is 0.615. The van der Waals surface area contributed by atoms with Gasteiger partial charge in [0.25, 0.3) is 5.91 Å². The minimum absolute atomic E-state index is 0.116. The number of carbonyl (C=O) groups excluding carboxylic acids is 4. The minimum atomic E-state index is -1.10. The van der Waals surface area contributed by atoms with E-state index in [1.54, 1.807) is 24.3 Å². The van der Waals surface area contributed by atoms with Gasteiger partial charge in [-0.3, -0.25) is 19.2 Å². The highest BCUT2D eigenvalue weighted by Gasteiger charge is 2.30. The van der Waals surface area contributed by atoms with E-state index in [0.717, 1.165) is 25.9 Å². The molecule has 0 saturated carbocycles. The van der Waals surface area contributed by atoms with Crippen LogP contribution in [0.4, 0.5) is 0 Å². The summed E-state index contributed by atoms with van der Waals surface area (Å²) in [6.07, 6.45) is 3.93. The van der Waals surface area contributed by atoms with Gasteiger partial charge in [-0.2, -0.15) is 0 Å². The van der Waals surface area contributed by atoms with Crippen LogP contribution in [0, 0.1) is 5.92 Å². The molecule has 1 fully saturated rings. The van der Waals surface area contributed by atoms with Crippen LogP contribution in [0.2, 0.25) is 0 Å². The second-order valence-electron chi connectivity index (χ2n) is 9.49. The number of ether oxygens (including phenoxy) is 1. The highest BCUT2D eigenvalue weighted by Crippen LogP contribution is 2.18. The molecule has 10 heteroatoms. The first-order chi connectivity index (χ1) is 17.4. The van der Waals surface area contributed by atoms with Gasteiger partial charge in [-0.25, -0.2) is 0 Å². The summed E-state index contributed by atoms with van der Waals surface area (Å²) in [4.78, 5) is 54.3. The van der Waals surface area contributed by atoms with E-state index in [1.807, 2.05) is 13.8 Å². The number of nitrogens with zero attached hydrogens (tertiary/aromatic N) is 1. The van der Waals surface area contributed by atoms with Crippen molar-refractivity contribution in [3.05, 3.63) is 29.8 Å². The number of nitrogens with one attached hydrogen (secondary N) is 4. The van der Waals surface area contributed by atoms with Crippen LogP contribution in [0.3, 0.4) is 0 Å². The summed E-state index contributed by atoms with van der Waals surface area (Å²) in [5.74, 6) is -1.50. The molecule has 1 aromatic rings. The number of hydrogen-bond acceptors (Lipinski definition) is 6. The lowest BCUT2D eigenvalue weighted by atomic mass is 9.97. The Hall–Kier alpha value is -3.14. The molecule has 0 bridgehead atoms. The first kappa shape index (κ1) is 27.4. The second kappa shape index (κ2) is 13.8. The maximum Gasteiger partial charge on any atom is 0.255 e. The van der Waals surface area contributed by atoms with Gasteiger partial charge in [-0.15, -0.1) is 0 Å². The van der Waals surface area contributed by atoms with Crippen molar-refractivity contribution in [3.63, 3.8) is 0 Å². The third kappa shape index (κ3) is 7.94. The molecule has 3 rings (SSSR count). The van der Waals surface area contributed by atoms with Crippen LogP contribution in [0.1, 0.15) is 56.3 Å². The number of fused-ring (bicyclic) bond motifs is 1. The molecule has 1 saturated heterocycles. The van der Waals surface area contributed by atoms with Gasteiger partial charge >= 0.3 is 0 Å². The van der Waals surface area contributed by atoms with E-state index in [4.69, 9.17) is 4.74 Å². The zero-order chi connectivity index (χ0) is 25.9. The summed E-state index contributed by atoms with van der Waals surface area (Å²) in [6, 6.07) is 4.84. The molecule has 2 aliphatic rings. The van der Waals surface area contributed by atoms with Gasteiger partial charge in [0.2, 0.25) is 17.7 Å². The number of amides is 4. The predicted octanol–water partition coefficient (Wildman–Crippen LogP) is 0.817. The van der Waals surface area contributed by atoms with Gasteiger partial charge in [0.15, 0.2) is 0 Å². The Kier molecular flexibility index (Phi) is 10.5. The van der Waals surface area contributed by atoms with E-state index in [2.05, 4.69) is 26.2 Å². The molecule has 0 aliphatic carbocycles. The van der Waals surface area contributed by atoms with E-state index in [1.165, 1.54) is 6.42 Å². The summed E-state index contributed by atoms with van der Waals surface area (Å²) in [6.45, 7) is 7.34. The molecule has 0 unspecified atom stereocenters. The Morgan fingerprint density at radius 2 is 1.89 bits per heavy atom. The van der Waals surface area contributed by atoms with Crippen LogP contribution in [0.25, 0.3) is 0 Å². The normalized spacial score (nSPS) is 23.1. The van der Waals surface area contributed by atoms with Crippen molar-refractivity contribution in [1.29, 1.82) is 0 Å². The summed E-state index contributed by atoms with van der Waals surface area (Å²) < 4.78 is 5.75. The first-order valence-electron chi connectivity index (χ1n) is 13.0. The molecule has 0 radical (unpaired) electrons. The maximum absolute atomic E-state index is 13.1. The number of likely N-dealkylation sites (tertiary alicyclic amines) is 1. The summed E-state index contributed by atoms with van der Waals surface area (Å²) in [5, 5.41) is 11.1. The van der Waals surface area contributed by atoms with E-state index in [9.17, 15) is 19.2 Å². The van der Waals surface area contributed by atoms with Crippen LogP contribution >= 0.6 is 0 Å². The zero-order valence-electron chi connectivity index (χ0n) is 21.3. The topological polar surface area (TPSA) is 129 Å². The van der Waals surface area contributed by atoms with Crippen molar-refractivity contribution < 1.29 is 23.9 Å². The van der Waals surface area contributed by atoms with E-state index >= 15 is 0 Å². The van der Waals surface area contributed by atoms with E-state index in [-0.39, 0.29) is 37.0 Å². The molecular formula is C26H39N5O5. The summed E-state index contributed by atoms with van der Waals surface area (Å²) in [7, 11) is 0. The number of para-hydroxylation sites is 1. The van der Waals surface area contributed by atoms with Gasteiger partial charge in [0.1, 0.15) is 24.4 Å². The average molecular weight is 502 g/mol. The monoisotopic (exact) mass is 501 g/mol. The number of piperidine rings is 1. The van der Waals surface area contributed by atoms with Crippen molar-refractivity contribution in [2.75, 3.05) is 39.3 Å². The summed E-state index contributed by atoms with van der Waals surface area (Å²) in [5.41, 5.74) is 0.255. The number of carbonyl (C=O) groups is 4. The molecule has 4 N–H and O–H groups in total. The predicted molar refractivity (Wildman–Crippen MR) is 136 cm³/mol. The minimum Gasteiger partial charge on any atom is -0.491 e. The Bertz CT molecular complexity index is 918. The largest absolute Gasteiger partial charge is 0.491 e.